The first-order valence-electron chi connectivity index (χ1n) is 19.1. The van der Waals surface area contributed by atoms with E-state index < -0.39 is 40.5 Å². The fraction of sp³-hybridized carbons (Fsp3) is 0.595. The highest BCUT2D eigenvalue weighted by atomic mass is 35.5. The maximum absolute atomic E-state index is 14.7. The van der Waals surface area contributed by atoms with E-state index in [2.05, 4.69) is 10.1 Å². The summed E-state index contributed by atoms with van der Waals surface area (Å²) >= 11 is 6.28. The highest BCUT2D eigenvalue weighted by molar-refractivity contribution is 6.38. The predicted molar refractivity (Wildman–Crippen MR) is 201 cm³/mol. The molecule has 1 aromatic carbocycles. The van der Waals surface area contributed by atoms with Crippen molar-refractivity contribution in [1.82, 2.24) is 9.88 Å². The number of likely N-dealkylation sites (tertiary alicyclic amines) is 1. The van der Waals surface area contributed by atoms with Crippen molar-refractivity contribution < 1.29 is 28.8 Å². The molecular weight excluding hydrogens is 678 g/mol. The van der Waals surface area contributed by atoms with Crippen LogP contribution in [0.2, 0.25) is 5.02 Å². The zero-order chi connectivity index (χ0) is 37.5. The van der Waals surface area contributed by atoms with E-state index in [1.54, 1.807) is 29.4 Å². The number of hydrogen-bond donors (Lipinski definition) is 0. The fourth-order valence-electron chi connectivity index (χ4n) is 8.20. The smallest absolute Gasteiger partial charge is 0.227 e. The van der Waals surface area contributed by atoms with Crippen LogP contribution in [0.15, 0.2) is 53.9 Å². The van der Waals surface area contributed by atoms with E-state index in [-0.39, 0.29) is 49.7 Å². The van der Waals surface area contributed by atoms with Crippen molar-refractivity contribution in [2.75, 3.05) is 6.54 Å². The number of benzene rings is 1. The minimum absolute atomic E-state index is 0.0374. The Morgan fingerprint density at radius 2 is 1.81 bits per heavy atom. The van der Waals surface area contributed by atoms with E-state index in [1.807, 2.05) is 52.0 Å². The van der Waals surface area contributed by atoms with Crippen molar-refractivity contribution in [3.05, 3.63) is 64.9 Å². The summed E-state index contributed by atoms with van der Waals surface area (Å²) in [6, 6.07) is 10.1. The van der Waals surface area contributed by atoms with Crippen LogP contribution in [0.4, 0.5) is 0 Å². The van der Waals surface area contributed by atoms with Gasteiger partial charge in [-0.3, -0.25) is 29.0 Å². The van der Waals surface area contributed by atoms with Crippen molar-refractivity contribution in [3.63, 3.8) is 0 Å². The molecule has 0 N–H and O–H groups in total. The largest absolute Gasteiger partial charge is 0.387 e. The Morgan fingerprint density at radius 3 is 2.48 bits per heavy atom. The summed E-state index contributed by atoms with van der Waals surface area (Å²) in [4.78, 5) is 81.1. The first kappa shape index (κ1) is 39.5. The summed E-state index contributed by atoms with van der Waals surface area (Å²) in [7, 11) is 0. The second-order valence-electron chi connectivity index (χ2n) is 16.4. The molecule has 2 aliphatic heterocycles. The van der Waals surface area contributed by atoms with Crippen molar-refractivity contribution in [3.8, 4) is 0 Å². The van der Waals surface area contributed by atoms with Gasteiger partial charge in [0, 0.05) is 73.3 Å². The average molecular weight is 732 g/mol. The van der Waals surface area contributed by atoms with Gasteiger partial charge in [-0.05, 0) is 47.9 Å². The summed E-state index contributed by atoms with van der Waals surface area (Å²) in [5.41, 5.74) is 0.834. The molecule has 1 aromatic heterocycles. The van der Waals surface area contributed by atoms with Gasteiger partial charge in [-0.25, -0.2) is 0 Å². The number of rotatable bonds is 16. The van der Waals surface area contributed by atoms with Crippen LogP contribution in [-0.4, -0.2) is 62.8 Å². The van der Waals surface area contributed by atoms with E-state index >= 15 is 0 Å². The molecule has 1 aliphatic carbocycles. The molecule has 2 aromatic rings. The number of halogens is 1. The van der Waals surface area contributed by atoms with Gasteiger partial charge in [0.05, 0.1) is 18.3 Å². The van der Waals surface area contributed by atoms with Crippen LogP contribution in [0.1, 0.15) is 122 Å². The number of amides is 1. The number of ketones is 4. The maximum Gasteiger partial charge on any atom is 0.227 e. The minimum atomic E-state index is -0.952. The SMILES string of the molecule is CCC[C@H](CC(=O)[C@@H]1C[C@]2(CC(c3cccc(Cl)c3)=NO2)CN1C(=O)[C@@H](CC(=O)CC1CCCCC1)C(C)(C)C)C(=O)C(=O)CCc1cccnc1. The Labute approximate surface area is 313 Å². The van der Waals surface area contributed by atoms with Crippen LogP contribution in [0.5, 0.6) is 0 Å². The number of oxime groups is 1. The van der Waals surface area contributed by atoms with Crippen molar-refractivity contribution >= 4 is 46.4 Å². The topological polar surface area (TPSA) is 123 Å². The number of Topliss-reactive ketones (excluding diaryl/α,β-unsaturated/α-hetero) is 4. The third-order valence-corrected chi connectivity index (χ3v) is 11.4. The van der Waals surface area contributed by atoms with Gasteiger partial charge >= 0.3 is 0 Å². The lowest BCUT2D eigenvalue weighted by atomic mass is 9.75. The molecule has 1 saturated carbocycles. The van der Waals surface area contributed by atoms with Gasteiger partial charge in [-0.15, -0.1) is 0 Å². The standard InChI is InChI=1S/C42H54ClN3O6/c1-5-11-31(39(50)37(48)18-17-29-14-10-19-44-26-29)22-38(49)36-25-42(24-35(45-52-42)30-15-9-16-32(43)21-30)27-46(36)40(51)34(41(2,3)4)23-33(47)20-28-12-7-6-8-13-28/h9-10,14-16,19,21,26,28,31,34,36H,5-8,11-13,17-18,20,22-25,27H2,1-4H3/t31-,34-,36+,42-/m1/s1. The van der Waals surface area contributed by atoms with Crippen molar-refractivity contribution in [2.45, 2.75) is 129 Å². The first-order valence-corrected chi connectivity index (χ1v) is 19.5. The molecular formula is C42H54ClN3O6. The summed E-state index contributed by atoms with van der Waals surface area (Å²) in [5, 5.41) is 4.98. The van der Waals surface area contributed by atoms with E-state index in [4.69, 9.17) is 16.4 Å². The molecule has 0 radical (unpaired) electrons. The van der Waals surface area contributed by atoms with E-state index in [0.29, 0.717) is 48.8 Å². The molecule has 0 unspecified atom stereocenters. The lowest BCUT2D eigenvalue weighted by molar-refractivity contribution is -0.147. The van der Waals surface area contributed by atoms with Gasteiger partial charge in [0.15, 0.2) is 17.2 Å². The van der Waals surface area contributed by atoms with Gasteiger partial charge in [0.1, 0.15) is 5.78 Å². The summed E-state index contributed by atoms with van der Waals surface area (Å²) in [5.74, 6) is -2.59. The van der Waals surface area contributed by atoms with Gasteiger partial charge in [-0.1, -0.05) is 101 Å². The Kier molecular flexibility index (Phi) is 13.2. The molecule has 10 heteroatoms. The number of aromatic nitrogens is 1. The molecule has 3 heterocycles. The minimum Gasteiger partial charge on any atom is -0.387 e. The molecule has 1 amide bonds. The van der Waals surface area contributed by atoms with E-state index in [0.717, 1.165) is 36.8 Å². The number of pyridine rings is 1. The molecule has 5 rings (SSSR count). The Balaban J connectivity index is 1.36. The van der Waals surface area contributed by atoms with Crippen LogP contribution in [-0.2, 0) is 35.2 Å². The van der Waals surface area contributed by atoms with Gasteiger partial charge in [0.25, 0.3) is 0 Å². The van der Waals surface area contributed by atoms with E-state index in [1.165, 1.54) is 6.42 Å². The third-order valence-electron chi connectivity index (χ3n) is 11.2. The Morgan fingerprint density at radius 1 is 1.04 bits per heavy atom. The predicted octanol–water partition coefficient (Wildman–Crippen LogP) is 7.94. The van der Waals surface area contributed by atoms with Crippen LogP contribution < -0.4 is 0 Å². The summed E-state index contributed by atoms with van der Waals surface area (Å²) in [6.07, 6.45) is 11.3. The quantitative estimate of drug-likeness (QED) is 0.161. The molecule has 1 saturated heterocycles. The first-order chi connectivity index (χ1) is 24.8. The molecule has 280 valence electrons. The number of carbonyl (C=O) groups excluding carboxylic acids is 5. The molecule has 2 fully saturated rings. The zero-order valence-corrected chi connectivity index (χ0v) is 32.0. The van der Waals surface area contributed by atoms with Crippen LogP contribution in [0.25, 0.3) is 0 Å². The Bertz CT molecular complexity index is 1650. The highest BCUT2D eigenvalue weighted by Gasteiger charge is 2.55. The molecule has 3 aliphatic rings. The highest BCUT2D eigenvalue weighted by Crippen LogP contribution is 2.43. The van der Waals surface area contributed by atoms with Crippen molar-refractivity contribution in [1.29, 1.82) is 0 Å². The molecule has 9 nitrogen and oxygen atoms in total. The Hall–Kier alpha value is -3.72. The number of carbonyl (C=O) groups is 5. The number of hydrogen-bond acceptors (Lipinski definition) is 8. The third kappa shape index (κ3) is 10.0. The number of aryl methyl sites for hydroxylation is 1. The van der Waals surface area contributed by atoms with Gasteiger partial charge in [-0.2, -0.15) is 0 Å². The average Bonchev–Trinajstić information content (AvgIpc) is 3.72. The normalized spacial score (nSPS) is 21.8. The maximum atomic E-state index is 14.7. The second kappa shape index (κ2) is 17.4. The van der Waals surface area contributed by atoms with Crippen LogP contribution in [0.3, 0.4) is 0 Å². The molecule has 52 heavy (non-hydrogen) atoms. The zero-order valence-electron chi connectivity index (χ0n) is 31.2. The summed E-state index contributed by atoms with van der Waals surface area (Å²) < 4.78 is 0. The van der Waals surface area contributed by atoms with Gasteiger partial charge < -0.3 is 9.74 Å². The lowest BCUT2D eigenvalue weighted by Crippen LogP contribution is -2.48. The van der Waals surface area contributed by atoms with Crippen LogP contribution in [0, 0.1) is 23.2 Å². The molecule has 0 bridgehead atoms. The number of nitrogens with zero attached hydrogens (tertiary/aromatic N) is 3. The molecule has 4 atom stereocenters. The second-order valence-corrected chi connectivity index (χ2v) is 16.8. The fourth-order valence-corrected chi connectivity index (χ4v) is 8.39. The van der Waals surface area contributed by atoms with Crippen molar-refractivity contribution in [2.24, 2.45) is 28.3 Å². The monoisotopic (exact) mass is 731 g/mol. The lowest BCUT2D eigenvalue weighted by Gasteiger charge is -2.35. The molecule has 1 spiro atoms. The van der Waals surface area contributed by atoms with E-state index in [9.17, 15) is 24.0 Å². The van der Waals surface area contributed by atoms with Gasteiger partial charge in [0.2, 0.25) is 11.7 Å². The summed E-state index contributed by atoms with van der Waals surface area (Å²) in [6.45, 7) is 7.93. The van der Waals surface area contributed by atoms with Crippen LogP contribution >= 0.6 is 11.6 Å².